The fourth-order valence-electron chi connectivity index (χ4n) is 2.08. The molecule has 1 fully saturated rings. The predicted molar refractivity (Wildman–Crippen MR) is 70.1 cm³/mol. The van der Waals surface area contributed by atoms with Crippen LogP contribution in [0, 0.1) is 5.92 Å². The third-order valence-corrected chi connectivity index (χ3v) is 3.20. The van der Waals surface area contributed by atoms with E-state index in [0.29, 0.717) is 11.1 Å². The van der Waals surface area contributed by atoms with E-state index in [9.17, 15) is 14.7 Å². The molecular formula is C14H12N2O3. The van der Waals surface area contributed by atoms with Crippen molar-refractivity contribution in [3.05, 3.63) is 36.2 Å². The number of fused-ring (bicyclic) bond motifs is 1. The number of nitrogens with one attached hydrogen (secondary N) is 1. The minimum Gasteiger partial charge on any atom is -0.476 e. The molecule has 19 heavy (non-hydrogen) atoms. The van der Waals surface area contributed by atoms with Crippen LogP contribution in [-0.4, -0.2) is 22.0 Å². The molecule has 2 N–H and O–H groups in total. The summed E-state index contributed by atoms with van der Waals surface area (Å²) in [7, 11) is 0. The Morgan fingerprint density at radius 2 is 2.05 bits per heavy atom. The zero-order valence-electron chi connectivity index (χ0n) is 10.1. The third-order valence-electron chi connectivity index (χ3n) is 3.20. The van der Waals surface area contributed by atoms with Crippen LogP contribution in [0.15, 0.2) is 30.5 Å². The lowest BCUT2D eigenvalue weighted by Crippen LogP contribution is -2.14. The van der Waals surface area contributed by atoms with E-state index in [0.717, 1.165) is 18.2 Å². The number of carbonyl (C=O) groups excluding carboxylic acids is 1. The molecule has 3 rings (SSSR count). The number of carboxylic acid groups (broad SMARTS) is 1. The number of carboxylic acids is 1. The van der Waals surface area contributed by atoms with E-state index < -0.39 is 5.97 Å². The monoisotopic (exact) mass is 256 g/mol. The molecule has 1 aliphatic carbocycles. The van der Waals surface area contributed by atoms with Crippen molar-refractivity contribution in [2.45, 2.75) is 12.8 Å². The van der Waals surface area contributed by atoms with Gasteiger partial charge >= 0.3 is 5.97 Å². The molecule has 0 atom stereocenters. The summed E-state index contributed by atoms with van der Waals surface area (Å²) in [5.41, 5.74) is 0.476. The van der Waals surface area contributed by atoms with Gasteiger partial charge in [0.15, 0.2) is 5.69 Å². The smallest absolute Gasteiger partial charge is 0.355 e. The average Bonchev–Trinajstić information content (AvgIpc) is 3.22. The van der Waals surface area contributed by atoms with Crippen LogP contribution in [0.2, 0.25) is 0 Å². The van der Waals surface area contributed by atoms with E-state index in [4.69, 9.17) is 0 Å². The van der Waals surface area contributed by atoms with Crippen molar-refractivity contribution in [3.8, 4) is 0 Å². The maximum absolute atomic E-state index is 11.8. The average molecular weight is 256 g/mol. The minimum absolute atomic E-state index is 0.0378. The molecule has 0 saturated heterocycles. The first-order chi connectivity index (χ1) is 9.16. The summed E-state index contributed by atoms with van der Waals surface area (Å²) in [4.78, 5) is 26.9. The van der Waals surface area contributed by atoms with Crippen LogP contribution in [0.1, 0.15) is 23.3 Å². The molecule has 0 bridgehead atoms. The Kier molecular flexibility index (Phi) is 2.67. The molecular weight excluding hydrogens is 244 g/mol. The molecule has 1 aliphatic rings. The quantitative estimate of drug-likeness (QED) is 0.883. The van der Waals surface area contributed by atoms with E-state index in [1.165, 1.54) is 6.20 Å². The van der Waals surface area contributed by atoms with Gasteiger partial charge in [-0.25, -0.2) is 9.78 Å². The lowest BCUT2D eigenvalue weighted by atomic mass is 10.1. The molecule has 1 aromatic heterocycles. The van der Waals surface area contributed by atoms with Crippen LogP contribution in [0.25, 0.3) is 10.8 Å². The first kappa shape index (κ1) is 11.6. The standard InChI is InChI=1S/C14H12N2O3/c17-13(9-4-5-9)16-10-3-1-2-8-6-7-15-12(11(8)10)14(18)19/h1-3,6-7,9H,4-5H2,(H,16,17)(H,18,19). The molecule has 0 aliphatic heterocycles. The van der Waals surface area contributed by atoms with Crippen LogP contribution >= 0.6 is 0 Å². The van der Waals surface area contributed by atoms with Gasteiger partial charge in [-0.3, -0.25) is 4.79 Å². The molecule has 5 heteroatoms. The van der Waals surface area contributed by atoms with Gasteiger partial charge in [0.2, 0.25) is 5.91 Å². The summed E-state index contributed by atoms with van der Waals surface area (Å²) < 4.78 is 0. The third kappa shape index (κ3) is 2.14. The van der Waals surface area contributed by atoms with Crippen LogP contribution in [-0.2, 0) is 4.79 Å². The van der Waals surface area contributed by atoms with Crippen molar-refractivity contribution in [1.82, 2.24) is 4.98 Å². The Morgan fingerprint density at radius 1 is 1.26 bits per heavy atom. The van der Waals surface area contributed by atoms with Gasteiger partial charge in [-0.2, -0.15) is 0 Å². The maximum atomic E-state index is 11.8. The second-order valence-electron chi connectivity index (χ2n) is 4.63. The number of hydrogen-bond acceptors (Lipinski definition) is 3. The highest BCUT2D eigenvalue weighted by Gasteiger charge is 2.30. The zero-order chi connectivity index (χ0) is 13.4. The van der Waals surface area contributed by atoms with Gasteiger partial charge in [-0.1, -0.05) is 12.1 Å². The summed E-state index contributed by atoms with van der Waals surface area (Å²) in [5, 5.41) is 13.2. The van der Waals surface area contributed by atoms with Crippen molar-refractivity contribution >= 4 is 28.3 Å². The van der Waals surface area contributed by atoms with Crippen LogP contribution in [0.4, 0.5) is 5.69 Å². The van der Waals surface area contributed by atoms with Crippen molar-refractivity contribution in [2.75, 3.05) is 5.32 Å². The number of amides is 1. The van der Waals surface area contributed by atoms with Crippen LogP contribution < -0.4 is 5.32 Å². The number of rotatable bonds is 3. The summed E-state index contributed by atoms with van der Waals surface area (Å²) >= 11 is 0. The highest BCUT2D eigenvalue weighted by molar-refractivity contribution is 6.10. The SMILES string of the molecule is O=C(O)c1nccc2cccc(NC(=O)C3CC3)c12. The maximum Gasteiger partial charge on any atom is 0.355 e. The molecule has 0 radical (unpaired) electrons. The second-order valence-corrected chi connectivity index (χ2v) is 4.63. The number of pyridine rings is 1. The van der Waals surface area contributed by atoms with Crippen LogP contribution in [0.5, 0.6) is 0 Å². The molecule has 1 heterocycles. The number of carbonyl (C=O) groups is 2. The highest BCUT2D eigenvalue weighted by atomic mass is 16.4. The number of benzene rings is 1. The van der Waals surface area contributed by atoms with E-state index in [2.05, 4.69) is 10.3 Å². The number of aromatic carboxylic acids is 1. The van der Waals surface area contributed by atoms with E-state index in [1.807, 2.05) is 0 Å². The van der Waals surface area contributed by atoms with Gasteiger partial charge in [0.25, 0.3) is 0 Å². The van der Waals surface area contributed by atoms with E-state index >= 15 is 0 Å². The lowest BCUT2D eigenvalue weighted by Gasteiger charge is -2.09. The molecule has 0 spiro atoms. The zero-order valence-corrected chi connectivity index (χ0v) is 10.1. The molecule has 1 aromatic carbocycles. The number of anilines is 1. The molecule has 1 amide bonds. The van der Waals surface area contributed by atoms with Crippen LogP contribution in [0.3, 0.4) is 0 Å². The summed E-state index contributed by atoms with van der Waals surface area (Å²) in [6.07, 6.45) is 3.26. The normalized spacial score (nSPS) is 14.3. The first-order valence-electron chi connectivity index (χ1n) is 6.08. The topological polar surface area (TPSA) is 79.3 Å². The molecule has 5 nitrogen and oxygen atoms in total. The highest BCUT2D eigenvalue weighted by Crippen LogP contribution is 2.32. The summed E-state index contributed by atoms with van der Waals surface area (Å²) in [6, 6.07) is 7.03. The van der Waals surface area contributed by atoms with Crippen molar-refractivity contribution in [3.63, 3.8) is 0 Å². The number of hydrogen-bond donors (Lipinski definition) is 2. The first-order valence-corrected chi connectivity index (χ1v) is 6.08. The molecule has 2 aromatic rings. The van der Waals surface area contributed by atoms with Crippen molar-refractivity contribution in [1.29, 1.82) is 0 Å². The number of aromatic nitrogens is 1. The predicted octanol–water partition coefficient (Wildman–Crippen LogP) is 2.28. The van der Waals surface area contributed by atoms with Gasteiger partial charge < -0.3 is 10.4 Å². The minimum atomic E-state index is -1.10. The van der Waals surface area contributed by atoms with Gasteiger partial charge in [-0.15, -0.1) is 0 Å². The Balaban J connectivity index is 2.12. The molecule has 1 saturated carbocycles. The Morgan fingerprint density at radius 3 is 2.74 bits per heavy atom. The van der Waals surface area contributed by atoms with Crippen molar-refractivity contribution < 1.29 is 14.7 Å². The van der Waals surface area contributed by atoms with Gasteiger partial charge in [0, 0.05) is 17.5 Å². The van der Waals surface area contributed by atoms with Gasteiger partial charge in [0.05, 0.1) is 5.69 Å². The van der Waals surface area contributed by atoms with E-state index in [1.54, 1.807) is 24.3 Å². The number of nitrogens with zero attached hydrogens (tertiary/aromatic N) is 1. The molecule has 96 valence electrons. The second kappa shape index (κ2) is 4.35. The fraction of sp³-hybridized carbons (Fsp3) is 0.214. The summed E-state index contributed by atoms with van der Waals surface area (Å²) in [5.74, 6) is -1.08. The van der Waals surface area contributed by atoms with E-state index in [-0.39, 0.29) is 17.5 Å². The Bertz CT molecular complexity index is 672. The van der Waals surface area contributed by atoms with Gasteiger partial charge in [-0.05, 0) is 30.4 Å². The van der Waals surface area contributed by atoms with Crippen molar-refractivity contribution in [2.24, 2.45) is 5.92 Å². The Hall–Kier alpha value is -2.43. The fourth-order valence-corrected chi connectivity index (χ4v) is 2.08. The lowest BCUT2D eigenvalue weighted by molar-refractivity contribution is -0.117. The van der Waals surface area contributed by atoms with Gasteiger partial charge in [0.1, 0.15) is 0 Å². The summed E-state index contributed by atoms with van der Waals surface area (Å²) in [6.45, 7) is 0. The largest absolute Gasteiger partial charge is 0.476 e. The Labute approximate surface area is 109 Å². The molecule has 0 unspecified atom stereocenters.